The molecule has 0 radical (unpaired) electrons. The van der Waals surface area contributed by atoms with E-state index in [4.69, 9.17) is 5.73 Å². The largest absolute Gasteiger partial charge is 0.369 e. The van der Waals surface area contributed by atoms with Crippen molar-refractivity contribution in [3.05, 3.63) is 65.5 Å². The number of pyridine rings is 1. The highest BCUT2D eigenvalue weighted by molar-refractivity contribution is 6.00. The van der Waals surface area contributed by atoms with Crippen LogP contribution in [-0.2, 0) is 11.2 Å². The molecular weight excluding hydrogens is 382 g/mol. The fourth-order valence-electron chi connectivity index (χ4n) is 2.66. The number of benzene rings is 1. The Morgan fingerprint density at radius 2 is 2.03 bits per heavy atom. The number of aromatic amines is 1. The van der Waals surface area contributed by atoms with Crippen LogP contribution in [0.15, 0.2) is 42.7 Å². The van der Waals surface area contributed by atoms with Gasteiger partial charge in [-0.1, -0.05) is 12.1 Å². The van der Waals surface area contributed by atoms with E-state index < -0.39 is 24.2 Å². The number of nitrogens with two attached hydrogens (primary N) is 1. The van der Waals surface area contributed by atoms with Gasteiger partial charge in [-0.2, -0.15) is 5.10 Å². The van der Waals surface area contributed by atoms with Crippen molar-refractivity contribution in [2.24, 2.45) is 5.73 Å². The minimum atomic E-state index is -0.734. The lowest BCUT2D eigenvalue weighted by atomic mass is 10.1. The van der Waals surface area contributed by atoms with Crippen LogP contribution in [0.1, 0.15) is 15.9 Å². The van der Waals surface area contributed by atoms with E-state index in [-0.39, 0.29) is 22.9 Å². The average molecular weight is 400 g/mol. The third kappa shape index (κ3) is 5.12. The predicted octanol–water partition coefficient (Wildman–Crippen LogP) is 1.62. The van der Waals surface area contributed by atoms with Gasteiger partial charge < -0.3 is 16.4 Å². The van der Waals surface area contributed by atoms with E-state index in [9.17, 15) is 18.4 Å². The van der Waals surface area contributed by atoms with E-state index >= 15 is 0 Å². The molecule has 5 N–H and O–H groups in total. The van der Waals surface area contributed by atoms with Gasteiger partial charge in [0.15, 0.2) is 5.82 Å². The third-order valence-corrected chi connectivity index (χ3v) is 4.01. The molecule has 0 aliphatic carbocycles. The van der Waals surface area contributed by atoms with E-state index in [0.717, 1.165) is 11.6 Å². The first-order valence-electron chi connectivity index (χ1n) is 8.68. The van der Waals surface area contributed by atoms with Gasteiger partial charge in [-0.05, 0) is 30.2 Å². The number of primary amides is 1. The first-order valence-corrected chi connectivity index (χ1v) is 8.68. The lowest BCUT2D eigenvalue weighted by Gasteiger charge is -2.13. The van der Waals surface area contributed by atoms with Gasteiger partial charge in [0.25, 0.3) is 5.91 Å². The zero-order valence-electron chi connectivity index (χ0n) is 15.2. The van der Waals surface area contributed by atoms with Crippen molar-refractivity contribution in [2.45, 2.75) is 6.42 Å². The fraction of sp³-hybridized carbons (Fsp3) is 0.158. The van der Waals surface area contributed by atoms with Crippen molar-refractivity contribution in [2.75, 3.05) is 18.4 Å². The smallest absolute Gasteiger partial charge is 0.255 e. The molecular formula is C19H18F2N6O2. The molecule has 2 aromatic heterocycles. The van der Waals surface area contributed by atoms with Crippen molar-refractivity contribution in [3.8, 4) is 11.3 Å². The highest BCUT2D eigenvalue weighted by Crippen LogP contribution is 2.25. The maximum atomic E-state index is 14.5. The molecule has 8 nitrogen and oxygen atoms in total. The third-order valence-electron chi connectivity index (χ3n) is 4.01. The van der Waals surface area contributed by atoms with E-state index in [0.29, 0.717) is 18.5 Å². The van der Waals surface area contributed by atoms with Crippen molar-refractivity contribution in [1.82, 2.24) is 20.5 Å². The Labute approximate surface area is 164 Å². The van der Waals surface area contributed by atoms with Crippen molar-refractivity contribution >= 4 is 17.6 Å². The number of amides is 2. The highest BCUT2D eigenvalue weighted by atomic mass is 19.1. The molecule has 3 rings (SSSR count). The Balaban J connectivity index is 1.85. The van der Waals surface area contributed by atoms with Crippen LogP contribution in [0.5, 0.6) is 0 Å². The molecule has 2 heterocycles. The van der Waals surface area contributed by atoms with Crippen LogP contribution in [0.2, 0.25) is 0 Å². The quantitative estimate of drug-likeness (QED) is 0.457. The van der Waals surface area contributed by atoms with E-state index in [1.165, 1.54) is 24.5 Å². The Morgan fingerprint density at radius 1 is 1.21 bits per heavy atom. The number of hydrogen-bond acceptors (Lipinski definition) is 5. The number of anilines is 1. The van der Waals surface area contributed by atoms with Crippen LogP contribution in [0.25, 0.3) is 11.3 Å². The number of hydrogen-bond donors (Lipinski definition) is 4. The number of aromatic nitrogens is 3. The van der Waals surface area contributed by atoms with E-state index in [1.54, 1.807) is 12.1 Å². The summed E-state index contributed by atoms with van der Waals surface area (Å²) >= 11 is 0. The summed E-state index contributed by atoms with van der Waals surface area (Å²) in [5, 5.41) is 11.6. The Kier molecular flexibility index (Phi) is 6.12. The Morgan fingerprint density at radius 3 is 2.72 bits per heavy atom. The summed E-state index contributed by atoms with van der Waals surface area (Å²) in [6.45, 7) is -0.0876. The maximum absolute atomic E-state index is 14.5. The topological polar surface area (TPSA) is 126 Å². The normalized spacial score (nSPS) is 10.6. The molecule has 1 aromatic carbocycles. The number of carbonyl (C=O) groups excluding carboxylic acids is 2. The lowest BCUT2D eigenvalue weighted by molar-refractivity contribution is -0.117. The first-order chi connectivity index (χ1) is 13.9. The van der Waals surface area contributed by atoms with Crippen LogP contribution in [0.4, 0.5) is 14.6 Å². The molecule has 29 heavy (non-hydrogen) atoms. The van der Waals surface area contributed by atoms with Gasteiger partial charge in [0.05, 0.1) is 18.3 Å². The SMILES string of the molecule is NC(=O)CNC(=O)c1cc(F)c(-c2cn[nH]c2)nc1NCCc1cccc(F)c1. The highest BCUT2D eigenvalue weighted by Gasteiger charge is 2.19. The second kappa shape index (κ2) is 8.91. The van der Waals surface area contributed by atoms with E-state index in [1.807, 2.05) is 0 Å². The molecule has 3 aromatic rings. The van der Waals surface area contributed by atoms with Gasteiger partial charge in [0, 0.05) is 18.3 Å². The molecule has 0 spiro atoms. The van der Waals surface area contributed by atoms with E-state index in [2.05, 4.69) is 25.8 Å². The predicted molar refractivity (Wildman–Crippen MR) is 102 cm³/mol. The summed E-state index contributed by atoms with van der Waals surface area (Å²) in [6, 6.07) is 7.13. The van der Waals surface area contributed by atoms with Crippen LogP contribution in [0.3, 0.4) is 0 Å². The number of nitrogens with one attached hydrogen (secondary N) is 3. The molecule has 0 saturated heterocycles. The van der Waals surface area contributed by atoms with Crippen LogP contribution in [0, 0.1) is 11.6 Å². The molecule has 0 aliphatic rings. The summed E-state index contributed by atoms with van der Waals surface area (Å²) < 4.78 is 27.9. The second-order valence-electron chi connectivity index (χ2n) is 6.16. The fourth-order valence-corrected chi connectivity index (χ4v) is 2.66. The summed E-state index contributed by atoms with van der Waals surface area (Å²) in [6.07, 6.45) is 3.31. The van der Waals surface area contributed by atoms with Crippen LogP contribution >= 0.6 is 0 Å². The number of H-pyrrole nitrogens is 1. The van der Waals surface area contributed by atoms with Gasteiger partial charge in [-0.25, -0.2) is 13.8 Å². The molecule has 10 heteroatoms. The number of rotatable bonds is 8. The van der Waals surface area contributed by atoms with Crippen LogP contribution < -0.4 is 16.4 Å². The van der Waals surface area contributed by atoms with Gasteiger partial charge in [-0.15, -0.1) is 0 Å². The monoisotopic (exact) mass is 400 g/mol. The lowest BCUT2D eigenvalue weighted by Crippen LogP contribution is -2.34. The number of halogens is 2. The van der Waals surface area contributed by atoms with Crippen molar-refractivity contribution in [3.63, 3.8) is 0 Å². The molecule has 0 unspecified atom stereocenters. The zero-order valence-corrected chi connectivity index (χ0v) is 15.2. The Bertz CT molecular complexity index is 1020. The number of carbonyl (C=O) groups is 2. The summed E-state index contributed by atoms with van der Waals surface area (Å²) in [5.41, 5.74) is 6.09. The first kappa shape index (κ1) is 19.9. The molecule has 2 amide bonds. The summed E-state index contributed by atoms with van der Waals surface area (Å²) in [4.78, 5) is 27.5. The average Bonchev–Trinajstić information content (AvgIpc) is 3.21. The Hall–Kier alpha value is -3.82. The summed E-state index contributed by atoms with van der Waals surface area (Å²) in [7, 11) is 0. The summed E-state index contributed by atoms with van der Waals surface area (Å²) in [5.74, 6) is -2.41. The maximum Gasteiger partial charge on any atom is 0.255 e. The van der Waals surface area contributed by atoms with Gasteiger partial charge in [0.2, 0.25) is 5.91 Å². The molecule has 0 bridgehead atoms. The molecule has 0 aliphatic heterocycles. The number of nitrogens with zero attached hydrogens (tertiary/aromatic N) is 2. The molecule has 0 atom stereocenters. The van der Waals surface area contributed by atoms with Crippen molar-refractivity contribution < 1.29 is 18.4 Å². The minimum absolute atomic E-state index is 0.00143. The molecule has 0 saturated carbocycles. The minimum Gasteiger partial charge on any atom is -0.369 e. The van der Waals surface area contributed by atoms with Crippen LogP contribution in [-0.4, -0.2) is 40.1 Å². The zero-order chi connectivity index (χ0) is 20.8. The standard InChI is InChI=1S/C19H18F2N6O2/c20-13-3-1-2-11(6-13)4-5-23-18-14(19(29)24-10-16(22)28)7-15(21)17(27-18)12-8-25-26-9-12/h1-3,6-9H,4-5,10H2,(H2,22,28)(H,23,27)(H,24,29)(H,25,26). The van der Waals surface area contributed by atoms with Gasteiger partial charge in [0.1, 0.15) is 17.3 Å². The van der Waals surface area contributed by atoms with Gasteiger partial charge in [-0.3, -0.25) is 14.7 Å². The van der Waals surface area contributed by atoms with Crippen molar-refractivity contribution in [1.29, 1.82) is 0 Å². The second-order valence-corrected chi connectivity index (χ2v) is 6.16. The van der Waals surface area contributed by atoms with Gasteiger partial charge >= 0.3 is 0 Å². The molecule has 150 valence electrons. The molecule has 0 fully saturated rings.